The summed E-state index contributed by atoms with van der Waals surface area (Å²) in [6.07, 6.45) is 5.27. The lowest BCUT2D eigenvalue weighted by Crippen LogP contribution is -2.16. The molecule has 0 saturated heterocycles. The third kappa shape index (κ3) is 2.33. The second-order valence-electron chi connectivity index (χ2n) is 3.40. The van der Waals surface area contributed by atoms with E-state index in [1.54, 1.807) is 13.8 Å². The van der Waals surface area contributed by atoms with Crippen molar-refractivity contribution < 1.29 is 5.11 Å². The third-order valence-electron chi connectivity index (χ3n) is 1.79. The van der Waals surface area contributed by atoms with Crippen LogP contribution in [0.4, 0.5) is 0 Å². The van der Waals surface area contributed by atoms with E-state index in [0.29, 0.717) is 0 Å². The first-order chi connectivity index (χ1) is 5.95. The fraction of sp³-hybridized carbons (Fsp3) is 0.273. The van der Waals surface area contributed by atoms with Crippen molar-refractivity contribution in [1.82, 2.24) is 0 Å². The Labute approximate surface area is 86.9 Å². The predicted octanol–water partition coefficient (Wildman–Crippen LogP) is 2.66. The highest BCUT2D eigenvalue weighted by molar-refractivity contribution is 9.10. The predicted molar refractivity (Wildman–Crippen MR) is 57.3 cm³/mol. The summed E-state index contributed by atoms with van der Waals surface area (Å²) in [5.74, 6) is 2.53. The molecule has 0 atom stereocenters. The van der Waals surface area contributed by atoms with Crippen LogP contribution >= 0.6 is 15.9 Å². The zero-order chi connectivity index (χ0) is 10.1. The summed E-state index contributed by atoms with van der Waals surface area (Å²) in [4.78, 5) is 0. The first kappa shape index (κ1) is 10.3. The summed E-state index contributed by atoms with van der Waals surface area (Å²) in [7, 11) is 0. The van der Waals surface area contributed by atoms with Crippen LogP contribution in [0.5, 0.6) is 0 Å². The van der Waals surface area contributed by atoms with E-state index in [2.05, 4.69) is 21.9 Å². The molecule has 0 aliphatic heterocycles. The van der Waals surface area contributed by atoms with Crippen molar-refractivity contribution in [2.75, 3.05) is 0 Å². The number of terminal acetylenes is 1. The highest BCUT2D eigenvalue weighted by Crippen LogP contribution is 2.28. The van der Waals surface area contributed by atoms with Gasteiger partial charge in [0.05, 0.1) is 5.60 Å². The van der Waals surface area contributed by atoms with Crippen LogP contribution in [0.1, 0.15) is 25.0 Å². The van der Waals surface area contributed by atoms with E-state index in [4.69, 9.17) is 6.42 Å². The normalized spacial score (nSPS) is 11.0. The Kier molecular flexibility index (Phi) is 2.80. The Bertz CT molecular complexity index is 355. The van der Waals surface area contributed by atoms with E-state index in [-0.39, 0.29) is 0 Å². The standard InChI is InChI=1S/C11H11BrO/c1-4-8-5-6-10(12)9(7-8)11(2,3)13/h1,5-7,13H,2-3H3. The summed E-state index contributed by atoms with van der Waals surface area (Å²) in [5.41, 5.74) is 0.717. The van der Waals surface area contributed by atoms with Gasteiger partial charge in [-0.15, -0.1) is 6.42 Å². The smallest absolute Gasteiger partial charge is 0.0851 e. The van der Waals surface area contributed by atoms with Crippen molar-refractivity contribution >= 4 is 15.9 Å². The van der Waals surface area contributed by atoms with Gasteiger partial charge in [-0.1, -0.05) is 21.9 Å². The Morgan fingerprint density at radius 3 is 2.54 bits per heavy atom. The summed E-state index contributed by atoms with van der Waals surface area (Å²) >= 11 is 3.37. The molecule has 0 aromatic heterocycles. The average molecular weight is 239 g/mol. The molecule has 0 fully saturated rings. The molecule has 0 radical (unpaired) electrons. The SMILES string of the molecule is C#Cc1ccc(Br)c(C(C)(C)O)c1. The lowest BCUT2D eigenvalue weighted by atomic mass is 9.97. The average Bonchev–Trinajstić information content (AvgIpc) is 2.03. The highest BCUT2D eigenvalue weighted by Gasteiger charge is 2.18. The number of hydrogen-bond acceptors (Lipinski definition) is 1. The van der Waals surface area contributed by atoms with Gasteiger partial charge in [0.15, 0.2) is 0 Å². The zero-order valence-corrected chi connectivity index (χ0v) is 9.22. The van der Waals surface area contributed by atoms with Crippen molar-refractivity contribution in [1.29, 1.82) is 0 Å². The van der Waals surface area contributed by atoms with Crippen LogP contribution in [0.15, 0.2) is 22.7 Å². The van der Waals surface area contributed by atoms with Gasteiger partial charge in [-0.25, -0.2) is 0 Å². The molecule has 13 heavy (non-hydrogen) atoms. The van der Waals surface area contributed by atoms with Gasteiger partial charge in [0, 0.05) is 10.0 Å². The molecule has 1 aromatic carbocycles. The van der Waals surface area contributed by atoms with E-state index in [0.717, 1.165) is 15.6 Å². The monoisotopic (exact) mass is 238 g/mol. The number of hydrogen-bond donors (Lipinski definition) is 1. The Morgan fingerprint density at radius 2 is 2.08 bits per heavy atom. The minimum absolute atomic E-state index is 0.778. The summed E-state index contributed by atoms with van der Waals surface area (Å²) in [6, 6.07) is 5.49. The minimum atomic E-state index is -0.869. The molecule has 0 aliphatic carbocycles. The summed E-state index contributed by atoms with van der Waals surface area (Å²) < 4.78 is 0.874. The topological polar surface area (TPSA) is 20.2 Å². The lowest BCUT2D eigenvalue weighted by Gasteiger charge is -2.19. The van der Waals surface area contributed by atoms with E-state index in [9.17, 15) is 5.11 Å². The molecule has 1 N–H and O–H groups in total. The maximum Gasteiger partial charge on any atom is 0.0851 e. The van der Waals surface area contributed by atoms with Crippen molar-refractivity contribution in [2.45, 2.75) is 19.4 Å². The largest absolute Gasteiger partial charge is 0.386 e. The minimum Gasteiger partial charge on any atom is -0.386 e. The molecule has 1 rings (SSSR count). The van der Waals surface area contributed by atoms with Crippen LogP contribution in [-0.4, -0.2) is 5.11 Å². The van der Waals surface area contributed by atoms with Crippen LogP contribution in [0.2, 0.25) is 0 Å². The van der Waals surface area contributed by atoms with E-state index < -0.39 is 5.60 Å². The van der Waals surface area contributed by atoms with Crippen molar-refractivity contribution in [3.05, 3.63) is 33.8 Å². The summed E-state index contributed by atoms with van der Waals surface area (Å²) in [6.45, 7) is 3.46. The second-order valence-corrected chi connectivity index (χ2v) is 4.25. The molecule has 0 amide bonds. The van der Waals surface area contributed by atoms with Gasteiger partial charge in [0.1, 0.15) is 0 Å². The van der Waals surface area contributed by atoms with Crippen LogP contribution in [-0.2, 0) is 5.60 Å². The zero-order valence-electron chi connectivity index (χ0n) is 7.63. The van der Waals surface area contributed by atoms with Crippen molar-refractivity contribution in [3.63, 3.8) is 0 Å². The molecule has 1 aromatic rings. The molecule has 68 valence electrons. The van der Waals surface area contributed by atoms with Crippen LogP contribution < -0.4 is 0 Å². The molecular weight excluding hydrogens is 228 g/mol. The molecule has 2 heteroatoms. The first-order valence-corrected chi connectivity index (χ1v) is 4.73. The van der Waals surface area contributed by atoms with Crippen LogP contribution in [0, 0.1) is 12.3 Å². The maximum atomic E-state index is 9.79. The second kappa shape index (κ2) is 3.53. The van der Waals surface area contributed by atoms with E-state index >= 15 is 0 Å². The van der Waals surface area contributed by atoms with Gasteiger partial charge < -0.3 is 5.11 Å². The Morgan fingerprint density at radius 1 is 1.46 bits per heavy atom. The number of halogens is 1. The molecule has 1 nitrogen and oxygen atoms in total. The van der Waals surface area contributed by atoms with Gasteiger partial charge >= 0.3 is 0 Å². The van der Waals surface area contributed by atoms with Crippen LogP contribution in [0.25, 0.3) is 0 Å². The third-order valence-corrected chi connectivity index (χ3v) is 2.48. The first-order valence-electron chi connectivity index (χ1n) is 3.94. The van der Waals surface area contributed by atoms with Gasteiger partial charge in [0.25, 0.3) is 0 Å². The molecule has 0 spiro atoms. The van der Waals surface area contributed by atoms with Gasteiger partial charge in [0.2, 0.25) is 0 Å². The Hall–Kier alpha value is -0.780. The fourth-order valence-electron chi connectivity index (χ4n) is 1.08. The Balaban J connectivity index is 3.29. The molecule has 0 unspecified atom stereocenters. The molecule has 0 aliphatic rings. The molecule has 0 saturated carbocycles. The number of aliphatic hydroxyl groups is 1. The van der Waals surface area contributed by atoms with Crippen molar-refractivity contribution in [2.24, 2.45) is 0 Å². The van der Waals surface area contributed by atoms with E-state index in [1.165, 1.54) is 0 Å². The maximum absolute atomic E-state index is 9.79. The molecule has 0 bridgehead atoms. The van der Waals surface area contributed by atoms with Crippen molar-refractivity contribution in [3.8, 4) is 12.3 Å². The fourth-order valence-corrected chi connectivity index (χ4v) is 1.82. The molecule has 0 heterocycles. The van der Waals surface area contributed by atoms with E-state index in [1.807, 2.05) is 18.2 Å². The van der Waals surface area contributed by atoms with Gasteiger partial charge in [-0.05, 0) is 37.6 Å². The lowest BCUT2D eigenvalue weighted by molar-refractivity contribution is 0.0778. The summed E-state index contributed by atoms with van der Waals surface area (Å²) in [5, 5.41) is 9.79. The van der Waals surface area contributed by atoms with Gasteiger partial charge in [-0.3, -0.25) is 0 Å². The van der Waals surface area contributed by atoms with Gasteiger partial charge in [-0.2, -0.15) is 0 Å². The molecular formula is C11H11BrO. The number of benzene rings is 1. The van der Waals surface area contributed by atoms with Crippen LogP contribution in [0.3, 0.4) is 0 Å². The highest BCUT2D eigenvalue weighted by atomic mass is 79.9. The number of rotatable bonds is 1. The quantitative estimate of drug-likeness (QED) is 0.747.